The highest BCUT2D eigenvalue weighted by Crippen LogP contribution is 2.21. The Morgan fingerprint density at radius 3 is 2.19 bits per heavy atom. The maximum Gasteiger partial charge on any atom is 0.218 e. The Morgan fingerprint density at radius 2 is 1.63 bits per heavy atom. The van der Waals surface area contributed by atoms with E-state index < -0.39 is 9.84 Å². The first kappa shape index (κ1) is 18.9. The Balaban J connectivity index is 1.73. The summed E-state index contributed by atoms with van der Waals surface area (Å²) in [6, 6.07) is 14.6. The Kier molecular flexibility index (Phi) is 5.47. The van der Waals surface area contributed by atoms with Gasteiger partial charge in [-0.05, 0) is 43.3 Å². The predicted octanol–water partition coefficient (Wildman–Crippen LogP) is 3.10. The van der Waals surface area contributed by atoms with Crippen molar-refractivity contribution in [2.24, 2.45) is 0 Å². The van der Waals surface area contributed by atoms with Crippen LogP contribution in [0.25, 0.3) is 0 Å². The molecule has 0 spiro atoms. The van der Waals surface area contributed by atoms with E-state index in [2.05, 4.69) is 4.90 Å². The summed E-state index contributed by atoms with van der Waals surface area (Å²) in [5.74, 6) is -0.278. The molecule has 2 aromatic carbocycles. The predicted molar refractivity (Wildman–Crippen MR) is 102 cm³/mol. The third kappa shape index (κ3) is 4.29. The van der Waals surface area contributed by atoms with Gasteiger partial charge in [-0.3, -0.25) is 0 Å². The van der Waals surface area contributed by atoms with Gasteiger partial charge in [0, 0.05) is 38.1 Å². The van der Waals surface area contributed by atoms with Gasteiger partial charge in [0.1, 0.15) is 11.9 Å². The first-order valence-corrected chi connectivity index (χ1v) is 10.1. The summed E-state index contributed by atoms with van der Waals surface area (Å²) in [4.78, 5) is 3.79. The zero-order valence-electron chi connectivity index (χ0n) is 15.0. The molecule has 0 aromatic heterocycles. The number of benzene rings is 2. The van der Waals surface area contributed by atoms with Crippen LogP contribution in [-0.2, 0) is 9.84 Å². The lowest BCUT2D eigenvalue weighted by atomic mass is 10.2. The van der Waals surface area contributed by atoms with Gasteiger partial charge in [0.2, 0.25) is 9.84 Å². The third-order valence-corrected chi connectivity index (χ3v) is 6.21. The molecule has 0 unspecified atom stereocenters. The number of nitriles is 1. The fourth-order valence-electron chi connectivity index (χ4n) is 2.93. The minimum absolute atomic E-state index is 0.117. The number of halogens is 1. The van der Waals surface area contributed by atoms with Gasteiger partial charge in [-0.15, -0.1) is 0 Å². The molecule has 5 nitrogen and oxygen atoms in total. The highest BCUT2D eigenvalue weighted by molar-refractivity contribution is 7.95. The Labute approximate surface area is 158 Å². The van der Waals surface area contributed by atoms with Gasteiger partial charge in [-0.2, -0.15) is 5.26 Å². The van der Waals surface area contributed by atoms with E-state index in [-0.39, 0.29) is 15.6 Å². The molecule has 1 aliphatic heterocycles. The van der Waals surface area contributed by atoms with Crippen molar-refractivity contribution in [3.8, 4) is 6.07 Å². The standard InChI is InChI=1S/C20H20FN3O2S/c1-16-2-8-19(9-3-16)27(25,26)20(14-22)15-23-10-12-24(13-11-23)18-6-4-17(21)5-7-18/h2-9,15H,10-13H2,1H3. The van der Waals surface area contributed by atoms with E-state index in [1.807, 2.05) is 17.9 Å². The van der Waals surface area contributed by atoms with Crippen LogP contribution < -0.4 is 4.90 Å². The summed E-state index contributed by atoms with van der Waals surface area (Å²) in [6.07, 6.45) is 1.43. The van der Waals surface area contributed by atoms with Crippen molar-refractivity contribution in [3.05, 3.63) is 71.0 Å². The number of hydrogen-bond donors (Lipinski definition) is 0. The summed E-state index contributed by atoms with van der Waals surface area (Å²) < 4.78 is 38.5. The number of anilines is 1. The summed E-state index contributed by atoms with van der Waals surface area (Å²) in [7, 11) is -3.83. The molecule has 140 valence electrons. The van der Waals surface area contributed by atoms with Crippen LogP contribution in [0.5, 0.6) is 0 Å². The minimum Gasteiger partial charge on any atom is -0.372 e. The summed E-state index contributed by atoms with van der Waals surface area (Å²) >= 11 is 0. The Morgan fingerprint density at radius 1 is 1.04 bits per heavy atom. The summed E-state index contributed by atoms with van der Waals surface area (Å²) in [5, 5.41) is 9.39. The summed E-state index contributed by atoms with van der Waals surface area (Å²) in [6.45, 7) is 4.34. The Bertz CT molecular complexity index is 969. The van der Waals surface area contributed by atoms with Crippen molar-refractivity contribution in [3.63, 3.8) is 0 Å². The first-order valence-electron chi connectivity index (χ1n) is 8.58. The lowest BCUT2D eigenvalue weighted by molar-refractivity contribution is 0.348. The topological polar surface area (TPSA) is 64.4 Å². The van der Waals surface area contributed by atoms with E-state index >= 15 is 0 Å². The van der Waals surface area contributed by atoms with Gasteiger partial charge < -0.3 is 9.80 Å². The smallest absolute Gasteiger partial charge is 0.218 e. The second-order valence-corrected chi connectivity index (χ2v) is 8.34. The molecule has 1 aliphatic rings. The molecule has 0 N–H and O–H groups in total. The van der Waals surface area contributed by atoms with Crippen LogP contribution in [0.4, 0.5) is 10.1 Å². The molecule has 3 rings (SSSR count). The second kappa shape index (κ2) is 7.80. The molecule has 2 aromatic rings. The second-order valence-electron chi connectivity index (χ2n) is 6.42. The van der Waals surface area contributed by atoms with Gasteiger partial charge in [0.15, 0.2) is 4.91 Å². The van der Waals surface area contributed by atoms with Crippen LogP contribution in [0.2, 0.25) is 0 Å². The van der Waals surface area contributed by atoms with Crippen LogP contribution >= 0.6 is 0 Å². The molecule has 1 saturated heterocycles. The number of piperazine rings is 1. The molecule has 0 atom stereocenters. The van der Waals surface area contributed by atoms with E-state index in [0.717, 1.165) is 11.3 Å². The number of allylic oxidation sites excluding steroid dienone is 1. The zero-order chi connectivity index (χ0) is 19.4. The zero-order valence-corrected chi connectivity index (χ0v) is 15.8. The van der Waals surface area contributed by atoms with Crippen molar-refractivity contribution in [2.75, 3.05) is 31.1 Å². The van der Waals surface area contributed by atoms with Crippen LogP contribution in [0, 0.1) is 24.1 Å². The van der Waals surface area contributed by atoms with Crippen molar-refractivity contribution in [1.29, 1.82) is 5.26 Å². The average Bonchev–Trinajstić information content (AvgIpc) is 2.67. The number of sulfone groups is 1. The SMILES string of the molecule is Cc1ccc(S(=O)(=O)C(C#N)=CN2CCN(c3ccc(F)cc3)CC2)cc1. The molecular formula is C20H20FN3O2S. The quantitative estimate of drug-likeness (QED) is 0.757. The maximum absolute atomic E-state index is 13.1. The fraction of sp³-hybridized carbons (Fsp3) is 0.250. The molecule has 1 fully saturated rings. The molecule has 0 aliphatic carbocycles. The molecule has 0 saturated carbocycles. The third-order valence-electron chi connectivity index (χ3n) is 4.54. The summed E-state index contributed by atoms with van der Waals surface area (Å²) in [5.41, 5.74) is 1.88. The molecule has 0 amide bonds. The molecular weight excluding hydrogens is 365 g/mol. The molecule has 0 bridgehead atoms. The van der Waals surface area contributed by atoms with E-state index in [4.69, 9.17) is 0 Å². The fourth-order valence-corrected chi connectivity index (χ4v) is 4.09. The van der Waals surface area contributed by atoms with Gasteiger partial charge in [-0.1, -0.05) is 17.7 Å². The van der Waals surface area contributed by atoms with Crippen LogP contribution in [-0.4, -0.2) is 39.5 Å². The van der Waals surface area contributed by atoms with Gasteiger partial charge in [-0.25, -0.2) is 12.8 Å². The van der Waals surface area contributed by atoms with Gasteiger partial charge in [0.25, 0.3) is 0 Å². The Hall–Kier alpha value is -2.85. The normalized spacial score (nSPS) is 15.5. The number of rotatable bonds is 4. The number of hydrogen-bond acceptors (Lipinski definition) is 5. The molecule has 0 radical (unpaired) electrons. The van der Waals surface area contributed by atoms with Crippen molar-refractivity contribution >= 4 is 15.5 Å². The molecule has 7 heteroatoms. The maximum atomic E-state index is 13.1. The highest BCUT2D eigenvalue weighted by Gasteiger charge is 2.23. The highest BCUT2D eigenvalue weighted by atomic mass is 32.2. The van der Waals surface area contributed by atoms with Gasteiger partial charge >= 0.3 is 0 Å². The lowest BCUT2D eigenvalue weighted by Gasteiger charge is -2.35. The van der Waals surface area contributed by atoms with E-state index in [9.17, 15) is 18.1 Å². The van der Waals surface area contributed by atoms with E-state index in [1.165, 1.54) is 30.5 Å². The van der Waals surface area contributed by atoms with Crippen LogP contribution in [0.1, 0.15) is 5.56 Å². The van der Waals surface area contributed by atoms with E-state index in [0.29, 0.717) is 26.2 Å². The monoisotopic (exact) mass is 385 g/mol. The molecule has 27 heavy (non-hydrogen) atoms. The van der Waals surface area contributed by atoms with Crippen molar-refractivity contribution in [2.45, 2.75) is 11.8 Å². The first-order chi connectivity index (χ1) is 12.9. The van der Waals surface area contributed by atoms with Crippen LogP contribution in [0.3, 0.4) is 0 Å². The average molecular weight is 385 g/mol. The van der Waals surface area contributed by atoms with Crippen LogP contribution in [0.15, 0.2) is 64.5 Å². The minimum atomic E-state index is -3.83. The lowest BCUT2D eigenvalue weighted by Crippen LogP contribution is -2.44. The number of nitrogens with zero attached hydrogens (tertiary/aromatic N) is 3. The van der Waals surface area contributed by atoms with E-state index in [1.54, 1.807) is 24.3 Å². The van der Waals surface area contributed by atoms with Gasteiger partial charge in [0.05, 0.1) is 4.90 Å². The number of aryl methyl sites for hydroxylation is 1. The van der Waals surface area contributed by atoms with Crippen molar-refractivity contribution < 1.29 is 12.8 Å². The largest absolute Gasteiger partial charge is 0.372 e. The van der Waals surface area contributed by atoms with Crippen molar-refractivity contribution in [1.82, 2.24) is 4.90 Å². The molecule has 1 heterocycles.